The van der Waals surface area contributed by atoms with Crippen LogP contribution in [0.3, 0.4) is 0 Å². The number of benzene rings is 1. The van der Waals surface area contributed by atoms with E-state index in [9.17, 15) is 14.3 Å². The van der Waals surface area contributed by atoms with Crippen molar-refractivity contribution in [3.8, 4) is 0 Å². The molecule has 2 rings (SSSR count). The molecule has 134 valence electrons. The third-order valence-corrected chi connectivity index (χ3v) is 4.27. The van der Waals surface area contributed by atoms with E-state index in [1.165, 1.54) is 12.1 Å². The van der Waals surface area contributed by atoms with Crippen molar-refractivity contribution in [1.29, 1.82) is 0 Å². The number of halogens is 1. The van der Waals surface area contributed by atoms with Gasteiger partial charge in [0, 0.05) is 37.4 Å². The summed E-state index contributed by atoms with van der Waals surface area (Å²) >= 11 is 0. The molecule has 2 amide bonds. The van der Waals surface area contributed by atoms with Crippen LogP contribution in [-0.4, -0.2) is 53.9 Å². The van der Waals surface area contributed by atoms with Crippen LogP contribution in [0.25, 0.3) is 0 Å². The van der Waals surface area contributed by atoms with Crippen molar-refractivity contribution in [2.75, 3.05) is 24.5 Å². The third-order valence-electron chi connectivity index (χ3n) is 4.27. The molecule has 1 heterocycles. The first-order valence-corrected chi connectivity index (χ1v) is 8.62. The molecule has 2 atom stereocenters. The van der Waals surface area contributed by atoms with Gasteiger partial charge in [0.1, 0.15) is 5.82 Å². The molecule has 0 aromatic heterocycles. The number of nitrogens with zero attached hydrogens (tertiary/aromatic N) is 2. The van der Waals surface area contributed by atoms with Crippen molar-refractivity contribution in [2.45, 2.75) is 51.8 Å². The van der Waals surface area contributed by atoms with Gasteiger partial charge in [-0.05, 0) is 51.8 Å². The number of piperidine rings is 1. The smallest absolute Gasteiger partial charge is 0.317 e. The first-order chi connectivity index (χ1) is 11.4. The highest BCUT2D eigenvalue weighted by Gasteiger charge is 2.25. The molecule has 0 aliphatic carbocycles. The molecule has 2 unspecified atom stereocenters. The highest BCUT2D eigenvalue weighted by molar-refractivity contribution is 5.75. The topological polar surface area (TPSA) is 55.8 Å². The van der Waals surface area contributed by atoms with E-state index in [0.717, 1.165) is 25.1 Å². The van der Waals surface area contributed by atoms with E-state index in [0.29, 0.717) is 13.1 Å². The maximum absolute atomic E-state index is 13.4. The van der Waals surface area contributed by atoms with Gasteiger partial charge in [-0.15, -0.1) is 0 Å². The average molecular weight is 337 g/mol. The summed E-state index contributed by atoms with van der Waals surface area (Å²) in [5.74, 6) is -0.249. The molecule has 0 bridgehead atoms. The first kappa shape index (κ1) is 18.5. The minimum atomic E-state index is -0.562. The second-order valence-corrected chi connectivity index (χ2v) is 6.81. The molecule has 1 fully saturated rings. The molecule has 0 spiro atoms. The summed E-state index contributed by atoms with van der Waals surface area (Å²) in [6, 6.07) is 6.43. The second-order valence-electron chi connectivity index (χ2n) is 6.81. The van der Waals surface area contributed by atoms with Crippen molar-refractivity contribution in [3.63, 3.8) is 0 Å². The van der Waals surface area contributed by atoms with Gasteiger partial charge in [-0.2, -0.15) is 0 Å². The Morgan fingerprint density at radius 2 is 2.21 bits per heavy atom. The molecule has 1 saturated heterocycles. The summed E-state index contributed by atoms with van der Waals surface area (Å²) in [5, 5.41) is 12.6. The minimum absolute atomic E-state index is 0.0162. The molecule has 24 heavy (non-hydrogen) atoms. The second kappa shape index (κ2) is 8.33. The van der Waals surface area contributed by atoms with E-state index in [1.807, 2.05) is 19.9 Å². The Morgan fingerprint density at radius 1 is 1.46 bits per heavy atom. The fourth-order valence-corrected chi connectivity index (χ4v) is 3.07. The van der Waals surface area contributed by atoms with Crippen molar-refractivity contribution in [1.82, 2.24) is 10.2 Å². The van der Waals surface area contributed by atoms with Gasteiger partial charge in [0.15, 0.2) is 0 Å². The van der Waals surface area contributed by atoms with Crippen LogP contribution in [0.5, 0.6) is 0 Å². The van der Waals surface area contributed by atoms with E-state index >= 15 is 0 Å². The number of aliphatic hydroxyl groups excluding tert-OH is 1. The van der Waals surface area contributed by atoms with Gasteiger partial charge in [0.2, 0.25) is 0 Å². The number of carbonyl (C=O) groups excluding carboxylic acids is 1. The molecule has 1 aliphatic heterocycles. The number of hydrogen-bond donors (Lipinski definition) is 2. The molecular weight excluding hydrogens is 309 g/mol. The van der Waals surface area contributed by atoms with Crippen LogP contribution in [0.15, 0.2) is 24.3 Å². The summed E-state index contributed by atoms with van der Waals surface area (Å²) in [6.45, 7) is 7.37. The zero-order valence-electron chi connectivity index (χ0n) is 14.7. The Labute approximate surface area is 143 Å². The Hall–Kier alpha value is -1.82. The highest BCUT2D eigenvalue weighted by Crippen LogP contribution is 2.21. The number of carbonyl (C=O) groups is 1. The lowest BCUT2D eigenvalue weighted by molar-refractivity contribution is 0.117. The minimum Gasteiger partial charge on any atom is -0.392 e. The predicted octanol–water partition coefficient (Wildman–Crippen LogP) is 2.60. The van der Waals surface area contributed by atoms with Crippen LogP contribution < -0.4 is 10.2 Å². The number of amides is 2. The summed E-state index contributed by atoms with van der Waals surface area (Å²) < 4.78 is 13.4. The number of hydrogen-bond acceptors (Lipinski definition) is 3. The van der Waals surface area contributed by atoms with Crippen molar-refractivity contribution in [3.05, 3.63) is 30.1 Å². The Kier molecular flexibility index (Phi) is 6.43. The summed E-state index contributed by atoms with van der Waals surface area (Å²) in [6.07, 6.45) is 1.28. The van der Waals surface area contributed by atoms with Gasteiger partial charge in [0.05, 0.1) is 6.10 Å². The zero-order chi connectivity index (χ0) is 17.7. The lowest BCUT2D eigenvalue weighted by Crippen LogP contribution is -2.54. The normalized spacial score (nSPS) is 19.2. The van der Waals surface area contributed by atoms with Crippen LogP contribution in [0, 0.1) is 5.82 Å². The highest BCUT2D eigenvalue weighted by atomic mass is 19.1. The zero-order valence-corrected chi connectivity index (χ0v) is 14.7. The first-order valence-electron chi connectivity index (χ1n) is 8.62. The van der Waals surface area contributed by atoms with E-state index in [1.54, 1.807) is 17.9 Å². The molecule has 2 N–H and O–H groups in total. The number of rotatable bonds is 5. The van der Waals surface area contributed by atoms with Crippen molar-refractivity contribution in [2.24, 2.45) is 0 Å². The van der Waals surface area contributed by atoms with Crippen LogP contribution in [0.1, 0.15) is 33.6 Å². The van der Waals surface area contributed by atoms with Crippen LogP contribution in [0.2, 0.25) is 0 Å². The van der Waals surface area contributed by atoms with Crippen LogP contribution in [0.4, 0.5) is 14.9 Å². The largest absolute Gasteiger partial charge is 0.392 e. The average Bonchev–Trinajstić information content (AvgIpc) is 2.52. The third kappa shape index (κ3) is 5.09. The lowest BCUT2D eigenvalue weighted by Gasteiger charge is -2.36. The molecule has 0 radical (unpaired) electrons. The van der Waals surface area contributed by atoms with E-state index in [-0.39, 0.29) is 23.9 Å². The number of aliphatic hydroxyl groups is 1. The SMILES string of the molecule is CC(O)CN(C(=O)NC1CCCN(c2cccc(F)c2)C1)C(C)C. The van der Waals surface area contributed by atoms with Crippen LogP contribution in [-0.2, 0) is 0 Å². The monoisotopic (exact) mass is 337 g/mol. The molecule has 1 aromatic carbocycles. The maximum atomic E-state index is 13.4. The Bertz CT molecular complexity index is 551. The van der Waals surface area contributed by atoms with Gasteiger partial charge < -0.3 is 20.2 Å². The number of urea groups is 1. The molecule has 5 nitrogen and oxygen atoms in total. The van der Waals surface area contributed by atoms with E-state index in [2.05, 4.69) is 10.2 Å². The molecular formula is C18H28FN3O2. The number of anilines is 1. The Balaban J connectivity index is 1.98. The van der Waals surface area contributed by atoms with Gasteiger partial charge in [0.25, 0.3) is 0 Å². The quantitative estimate of drug-likeness (QED) is 0.868. The summed E-state index contributed by atoms with van der Waals surface area (Å²) in [5.41, 5.74) is 0.846. The number of nitrogens with one attached hydrogen (secondary N) is 1. The summed E-state index contributed by atoms with van der Waals surface area (Å²) in [7, 11) is 0. The fourth-order valence-electron chi connectivity index (χ4n) is 3.07. The fraction of sp³-hybridized carbons (Fsp3) is 0.611. The molecule has 0 saturated carbocycles. The lowest BCUT2D eigenvalue weighted by atomic mass is 10.0. The Morgan fingerprint density at radius 3 is 2.83 bits per heavy atom. The molecule has 6 heteroatoms. The van der Waals surface area contributed by atoms with E-state index in [4.69, 9.17) is 0 Å². The van der Waals surface area contributed by atoms with Crippen molar-refractivity contribution >= 4 is 11.7 Å². The molecule has 1 aromatic rings. The molecule has 1 aliphatic rings. The maximum Gasteiger partial charge on any atom is 0.317 e. The van der Waals surface area contributed by atoms with E-state index < -0.39 is 6.10 Å². The van der Waals surface area contributed by atoms with Gasteiger partial charge in [-0.25, -0.2) is 9.18 Å². The summed E-state index contributed by atoms with van der Waals surface area (Å²) in [4.78, 5) is 16.3. The van der Waals surface area contributed by atoms with Gasteiger partial charge in [-0.1, -0.05) is 6.07 Å². The predicted molar refractivity (Wildman–Crippen MR) is 93.7 cm³/mol. The van der Waals surface area contributed by atoms with Crippen LogP contribution >= 0.6 is 0 Å². The van der Waals surface area contributed by atoms with Gasteiger partial charge >= 0.3 is 6.03 Å². The standard InChI is InChI=1S/C18H28FN3O2/c1-13(2)22(11-14(3)23)18(24)20-16-7-5-9-21(12-16)17-8-4-6-15(19)10-17/h4,6,8,10,13-14,16,23H,5,7,9,11-12H2,1-3H3,(H,20,24). The van der Waals surface area contributed by atoms with Gasteiger partial charge in [-0.3, -0.25) is 0 Å². The van der Waals surface area contributed by atoms with Crippen molar-refractivity contribution < 1.29 is 14.3 Å².